The third kappa shape index (κ3) is 3.36. The smallest absolute Gasteiger partial charge is 0.253 e. The molecular weight excluding hydrogens is 320 g/mol. The number of carbonyl (C=O) groups is 1. The summed E-state index contributed by atoms with van der Waals surface area (Å²) in [6, 6.07) is 10.1. The molecular formula is C19H22N2O2S. The van der Waals surface area contributed by atoms with Crippen molar-refractivity contribution in [1.29, 1.82) is 0 Å². The van der Waals surface area contributed by atoms with Gasteiger partial charge in [0, 0.05) is 12.6 Å². The van der Waals surface area contributed by atoms with E-state index >= 15 is 0 Å². The lowest BCUT2D eigenvalue weighted by Crippen LogP contribution is -2.31. The van der Waals surface area contributed by atoms with Crippen molar-refractivity contribution in [2.45, 2.75) is 32.7 Å². The number of rotatable bonds is 4. The van der Waals surface area contributed by atoms with Gasteiger partial charge < -0.3 is 9.64 Å². The summed E-state index contributed by atoms with van der Waals surface area (Å²) in [5.41, 5.74) is 2.85. The topological polar surface area (TPSA) is 42.4 Å². The molecule has 1 amide bonds. The monoisotopic (exact) mass is 342 g/mol. The number of amides is 1. The maximum Gasteiger partial charge on any atom is 0.253 e. The van der Waals surface area contributed by atoms with Gasteiger partial charge >= 0.3 is 0 Å². The molecule has 0 saturated heterocycles. The lowest BCUT2D eigenvalue weighted by molar-refractivity contribution is -0.128. The SMILES string of the molecule is Cc1nc(-c2ccccc2)sc1C(C)N(C)C(=O)C1=COCCC1. The number of benzene rings is 1. The molecule has 0 radical (unpaired) electrons. The van der Waals surface area contributed by atoms with Crippen LogP contribution in [0.2, 0.25) is 0 Å². The Labute approximate surface area is 146 Å². The van der Waals surface area contributed by atoms with E-state index in [9.17, 15) is 4.79 Å². The van der Waals surface area contributed by atoms with E-state index in [1.54, 1.807) is 22.5 Å². The fourth-order valence-corrected chi connectivity index (χ4v) is 3.97. The first-order chi connectivity index (χ1) is 11.6. The number of hydrogen-bond donors (Lipinski definition) is 0. The van der Waals surface area contributed by atoms with Crippen LogP contribution in [0.1, 0.15) is 36.4 Å². The minimum Gasteiger partial charge on any atom is -0.501 e. The zero-order valence-electron chi connectivity index (χ0n) is 14.3. The molecule has 24 heavy (non-hydrogen) atoms. The average Bonchev–Trinajstić information content (AvgIpc) is 3.03. The van der Waals surface area contributed by atoms with E-state index < -0.39 is 0 Å². The first-order valence-electron chi connectivity index (χ1n) is 8.18. The van der Waals surface area contributed by atoms with E-state index in [1.165, 1.54) is 0 Å². The highest BCUT2D eigenvalue weighted by molar-refractivity contribution is 7.15. The molecule has 0 spiro atoms. The summed E-state index contributed by atoms with van der Waals surface area (Å²) in [6.45, 7) is 4.76. The van der Waals surface area contributed by atoms with Gasteiger partial charge in [-0.25, -0.2) is 4.98 Å². The average molecular weight is 342 g/mol. The molecule has 1 unspecified atom stereocenters. The van der Waals surface area contributed by atoms with Crippen LogP contribution in [0.5, 0.6) is 0 Å². The van der Waals surface area contributed by atoms with Crippen LogP contribution < -0.4 is 0 Å². The van der Waals surface area contributed by atoms with Crippen molar-refractivity contribution in [1.82, 2.24) is 9.88 Å². The Balaban J connectivity index is 1.82. The number of aryl methyl sites for hydroxylation is 1. The van der Waals surface area contributed by atoms with Crippen molar-refractivity contribution in [2.24, 2.45) is 0 Å². The first kappa shape index (κ1) is 16.7. The Morgan fingerprint density at radius 2 is 2.08 bits per heavy atom. The van der Waals surface area contributed by atoms with Gasteiger partial charge in [-0.3, -0.25) is 4.79 Å². The summed E-state index contributed by atoms with van der Waals surface area (Å²) in [7, 11) is 1.85. The van der Waals surface area contributed by atoms with Gasteiger partial charge in [-0.2, -0.15) is 0 Å². The highest BCUT2D eigenvalue weighted by Gasteiger charge is 2.25. The van der Waals surface area contributed by atoms with Gasteiger partial charge in [-0.1, -0.05) is 30.3 Å². The predicted octanol–water partition coefficient (Wildman–Crippen LogP) is 4.33. The fraction of sp³-hybridized carbons (Fsp3) is 0.368. The molecule has 0 aliphatic carbocycles. The van der Waals surface area contributed by atoms with Crippen LogP contribution in [0.4, 0.5) is 0 Å². The summed E-state index contributed by atoms with van der Waals surface area (Å²) in [6.07, 6.45) is 3.30. The molecule has 0 saturated carbocycles. The summed E-state index contributed by atoms with van der Waals surface area (Å²) >= 11 is 1.66. The van der Waals surface area contributed by atoms with E-state index in [0.717, 1.165) is 39.6 Å². The number of carbonyl (C=O) groups excluding carboxylic acids is 1. The minimum atomic E-state index is -0.0183. The molecule has 5 heteroatoms. The second-order valence-corrected chi connectivity index (χ2v) is 7.07. The molecule has 3 rings (SSSR count). The van der Waals surface area contributed by atoms with Crippen LogP contribution >= 0.6 is 11.3 Å². The fourth-order valence-electron chi connectivity index (χ4n) is 2.80. The standard InChI is InChI=1S/C19H22N2O2S/c1-13-17(24-18(20-13)15-8-5-4-6-9-15)14(2)21(3)19(22)16-10-7-11-23-12-16/h4-6,8-9,12,14H,7,10-11H2,1-3H3. The Kier molecular flexibility index (Phi) is 5.00. The van der Waals surface area contributed by atoms with E-state index in [4.69, 9.17) is 9.72 Å². The zero-order chi connectivity index (χ0) is 17.1. The maximum absolute atomic E-state index is 12.7. The molecule has 1 aromatic heterocycles. The van der Waals surface area contributed by atoms with E-state index in [1.807, 2.05) is 32.2 Å². The highest BCUT2D eigenvalue weighted by Crippen LogP contribution is 2.34. The first-order valence-corrected chi connectivity index (χ1v) is 9.00. The van der Waals surface area contributed by atoms with Crippen molar-refractivity contribution >= 4 is 17.2 Å². The number of ether oxygens (including phenoxy) is 1. The Morgan fingerprint density at radius 3 is 2.75 bits per heavy atom. The molecule has 126 valence electrons. The number of aromatic nitrogens is 1. The molecule has 1 atom stereocenters. The molecule has 1 aromatic carbocycles. The molecule has 0 N–H and O–H groups in total. The van der Waals surface area contributed by atoms with E-state index in [0.29, 0.717) is 6.61 Å². The summed E-state index contributed by atoms with van der Waals surface area (Å²) in [4.78, 5) is 20.3. The van der Waals surface area contributed by atoms with Gasteiger partial charge in [0.25, 0.3) is 5.91 Å². The van der Waals surface area contributed by atoms with Gasteiger partial charge in [0.1, 0.15) is 5.01 Å². The predicted molar refractivity (Wildman–Crippen MR) is 96.7 cm³/mol. The highest BCUT2D eigenvalue weighted by atomic mass is 32.1. The lowest BCUT2D eigenvalue weighted by atomic mass is 10.1. The van der Waals surface area contributed by atoms with Crippen molar-refractivity contribution in [2.75, 3.05) is 13.7 Å². The summed E-state index contributed by atoms with van der Waals surface area (Å²) < 4.78 is 5.31. The van der Waals surface area contributed by atoms with Crippen LogP contribution in [0.3, 0.4) is 0 Å². The van der Waals surface area contributed by atoms with Crippen molar-refractivity contribution in [3.05, 3.63) is 52.7 Å². The lowest BCUT2D eigenvalue weighted by Gasteiger charge is -2.26. The zero-order valence-corrected chi connectivity index (χ0v) is 15.1. The van der Waals surface area contributed by atoms with E-state index in [-0.39, 0.29) is 11.9 Å². The van der Waals surface area contributed by atoms with Crippen molar-refractivity contribution in [3.8, 4) is 10.6 Å². The van der Waals surface area contributed by atoms with Crippen LogP contribution in [0, 0.1) is 6.92 Å². The third-order valence-electron chi connectivity index (χ3n) is 4.34. The quantitative estimate of drug-likeness (QED) is 0.830. The van der Waals surface area contributed by atoms with Crippen LogP contribution in [-0.2, 0) is 9.53 Å². The Bertz CT molecular complexity index is 752. The second kappa shape index (κ2) is 7.18. The Hall–Kier alpha value is -2.14. The minimum absolute atomic E-state index is 0.0183. The largest absolute Gasteiger partial charge is 0.501 e. The van der Waals surface area contributed by atoms with Gasteiger partial charge in [0.05, 0.1) is 35.1 Å². The number of hydrogen-bond acceptors (Lipinski definition) is 4. The molecule has 2 heterocycles. The summed E-state index contributed by atoms with van der Waals surface area (Å²) in [5, 5.41) is 0.996. The Morgan fingerprint density at radius 1 is 1.33 bits per heavy atom. The van der Waals surface area contributed by atoms with E-state index in [2.05, 4.69) is 19.1 Å². The molecule has 0 fully saturated rings. The van der Waals surface area contributed by atoms with Crippen molar-refractivity contribution in [3.63, 3.8) is 0 Å². The molecule has 1 aliphatic rings. The van der Waals surface area contributed by atoms with Gasteiger partial charge in [0.15, 0.2) is 0 Å². The third-order valence-corrected chi connectivity index (χ3v) is 5.72. The molecule has 0 bridgehead atoms. The molecule has 4 nitrogen and oxygen atoms in total. The van der Waals surface area contributed by atoms with Gasteiger partial charge in [0.2, 0.25) is 0 Å². The van der Waals surface area contributed by atoms with Crippen LogP contribution in [-0.4, -0.2) is 29.4 Å². The van der Waals surface area contributed by atoms with Crippen LogP contribution in [0.25, 0.3) is 10.6 Å². The second-order valence-electron chi connectivity index (χ2n) is 6.04. The number of likely N-dealkylation sites (N-methyl/N-ethyl adjacent to an activating group) is 1. The number of thiazole rings is 1. The van der Waals surface area contributed by atoms with Gasteiger partial charge in [-0.15, -0.1) is 11.3 Å². The normalized spacial score (nSPS) is 15.4. The maximum atomic E-state index is 12.7. The van der Waals surface area contributed by atoms with Gasteiger partial charge in [-0.05, 0) is 26.7 Å². The molecule has 1 aliphatic heterocycles. The number of nitrogens with zero attached hydrogens (tertiary/aromatic N) is 2. The summed E-state index contributed by atoms with van der Waals surface area (Å²) in [5.74, 6) is 0.0382. The van der Waals surface area contributed by atoms with Crippen LogP contribution in [0.15, 0.2) is 42.2 Å². The molecule has 2 aromatic rings. The van der Waals surface area contributed by atoms with Crippen molar-refractivity contribution < 1.29 is 9.53 Å².